The molecule has 5 nitrogen and oxygen atoms in total. The summed E-state index contributed by atoms with van der Waals surface area (Å²) in [6.45, 7) is 1.89. The Morgan fingerprint density at radius 3 is 2.72 bits per heavy atom. The van der Waals surface area contributed by atoms with Crippen LogP contribution in [0.25, 0.3) is 0 Å². The molecule has 5 heteroatoms. The lowest BCUT2D eigenvalue weighted by Gasteiger charge is -2.23. The van der Waals surface area contributed by atoms with Gasteiger partial charge in [-0.05, 0) is 49.9 Å². The van der Waals surface area contributed by atoms with E-state index in [1.165, 1.54) is 6.07 Å². The molecule has 0 saturated carbocycles. The van der Waals surface area contributed by atoms with Crippen LogP contribution in [0.3, 0.4) is 0 Å². The maximum atomic E-state index is 10.9. The molecule has 0 aliphatic carbocycles. The van der Waals surface area contributed by atoms with Crippen LogP contribution in [0.15, 0.2) is 12.1 Å². The second-order valence-corrected chi connectivity index (χ2v) is 4.72. The lowest BCUT2D eigenvalue weighted by molar-refractivity contribution is 0.0693. The molecule has 0 aromatic heterocycles. The van der Waals surface area contributed by atoms with E-state index in [2.05, 4.69) is 5.32 Å². The largest absolute Gasteiger partial charge is 0.508 e. The van der Waals surface area contributed by atoms with Crippen LogP contribution in [0.5, 0.6) is 11.5 Å². The van der Waals surface area contributed by atoms with Crippen molar-refractivity contribution >= 4 is 5.97 Å². The van der Waals surface area contributed by atoms with Gasteiger partial charge < -0.3 is 20.6 Å². The summed E-state index contributed by atoms with van der Waals surface area (Å²) in [6, 6.07) is 2.47. The SMILES string of the molecule is O=C(O)c1cc(CC2CCCNC2)c(O)cc1O. The Hall–Kier alpha value is -1.75. The molecular formula is C13H17NO4. The van der Waals surface area contributed by atoms with E-state index in [9.17, 15) is 15.0 Å². The van der Waals surface area contributed by atoms with Gasteiger partial charge in [-0.15, -0.1) is 0 Å². The molecule has 1 atom stereocenters. The van der Waals surface area contributed by atoms with Crippen molar-refractivity contribution in [2.45, 2.75) is 19.3 Å². The molecule has 0 spiro atoms. The normalized spacial score (nSPS) is 19.7. The first-order valence-electron chi connectivity index (χ1n) is 6.07. The highest BCUT2D eigenvalue weighted by Gasteiger charge is 2.18. The summed E-state index contributed by atoms with van der Waals surface area (Å²) in [5, 5.41) is 31.4. The van der Waals surface area contributed by atoms with Gasteiger partial charge in [0.05, 0.1) is 0 Å². The number of piperidine rings is 1. The average molecular weight is 251 g/mol. The van der Waals surface area contributed by atoms with Crippen molar-refractivity contribution in [1.29, 1.82) is 0 Å². The molecule has 1 heterocycles. The topological polar surface area (TPSA) is 89.8 Å². The van der Waals surface area contributed by atoms with Crippen LogP contribution < -0.4 is 5.32 Å². The minimum absolute atomic E-state index is 0.0388. The quantitative estimate of drug-likeness (QED) is 0.651. The van der Waals surface area contributed by atoms with Gasteiger partial charge in [-0.1, -0.05) is 0 Å². The van der Waals surface area contributed by atoms with Gasteiger partial charge in [-0.2, -0.15) is 0 Å². The van der Waals surface area contributed by atoms with Crippen LogP contribution >= 0.6 is 0 Å². The lowest BCUT2D eigenvalue weighted by Crippen LogP contribution is -2.30. The molecule has 18 heavy (non-hydrogen) atoms. The maximum Gasteiger partial charge on any atom is 0.339 e. The Kier molecular flexibility index (Phi) is 3.72. The second-order valence-electron chi connectivity index (χ2n) is 4.72. The molecule has 0 radical (unpaired) electrons. The van der Waals surface area contributed by atoms with E-state index in [4.69, 9.17) is 5.11 Å². The Bertz CT molecular complexity index is 453. The van der Waals surface area contributed by atoms with Gasteiger partial charge in [0.15, 0.2) is 0 Å². The van der Waals surface area contributed by atoms with Gasteiger partial charge in [0.1, 0.15) is 17.1 Å². The van der Waals surface area contributed by atoms with Crippen LogP contribution in [-0.4, -0.2) is 34.4 Å². The van der Waals surface area contributed by atoms with Crippen LogP contribution in [0.1, 0.15) is 28.8 Å². The highest BCUT2D eigenvalue weighted by atomic mass is 16.4. The second kappa shape index (κ2) is 5.27. The van der Waals surface area contributed by atoms with Crippen LogP contribution in [0.4, 0.5) is 0 Å². The molecule has 1 aliphatic heterocycles. The number of rotatable bonds is 3. The fourth-order valence-corrected chi connectivity index (χ4v) is 2.37. The predicted octanol–water partition coefficient (Wildman–Crippen LogP) is 1.34. The number of nitrogens with one attached hydrogen (secondary N) is 1. The zero-order valence-electron chi connectivity index (χ0n) is 10.0. The molecule has 4 N–H and O–H groups in total. The Balaban J connectivity index is 2.21. The average Bonchev–Trinajstić information content (AvgIpc) is 2.33. The van der Waals surface area contributed by atoms with Crippen molar-refractivity contribution in [2.24, 2.45) is 5.92 Å². The van der Waals surface area contributed by atoms with Crippen molar-refractivity contribution in [2.75, 3.05) is 13.1 Å². The van der Waals surface area contributed by atoms with Crippen molar-refractivity contribution in [3.63, 3.8) is 0 Å². The predicted molar refractivity (Wildman–Crippen MR) is 66.0 cm³/mol. The molecular weight excluding hydrogens is 234 g/mol. The lowest BCUT2D eigenvalue weighted by atomic mass is 9.91. The molecule has 1 aromatic rings. The fourth-order valence-electron chi connectivity index (χ4n) is 2.37. The van der Waals surface area contributed by atoms with E-state index in [0.29, 0.717) is 17.9 Å². The minimum atomic E-state index is -1.18. The summed E-state index contributed by atoms with van der Waals surface area (Å²) in [6.07, 6.45) is 2.78. The Morgan fingerprint density at radius 2 is 2.11 bits per heavy atom. The van der Waals surface area contributed by atoms with Gasteiger partial charge in [0, 0.05) is 6.07 Å². The van der Waals surface area contributed by atoms with E-state index >= 15 is 0 Å². The number of aromatic carboxylic acids is 1. The first-order chi connectivity index (χ1) is 8.58. The zero-order chi connectivity index (χ0) is 13.1. The number of hydrogen-bond donors (Lipinski definition) is 4. The number of carboxylic acid groups (broad SMARTS) is 1. The molecule has 1 aliphatic rings. The number of phenolic OH excluding ortho intramolecular Hbond substituents is 1. The minimum Gasteiger partial charge on any atom is -0.508 e. The first-order valence-corrected chi connectivity index (χ1v) is 6.07. The van der Waals surface area contributed by atoms with E-state index in [1.807, 2.05) is 0 Å². The van der Waals surface area contributed by atoms with Crippen LogP contribution in [0.2, 0.25) is 0 Å². The molecule has 2 rings (SSSR count). The fraction of sp³-hybridized carbons (Fsp3) is 0.462. The van der Waals surface area contributed by atoms with Crippen LogP contribution in [0, 0.1) is 5.92 Å². The highest BCUT2D eigenvalue weighted by Crippen LogP contribution is 2.30. The highest BCUT2D eigenvalue weighted by molar-refractivity contribution is 5.91. The monoisotopic (exact) mass is 251 g/mol. The third-order valence-corrected chi connectivity index (χ3v) is 3.33. The molecule has 0 bridgehead atoms. The summed E-state index contributed by atoms with van der Waals surface area (Å²) in [7, 11) is 0. The van der Waals surface area contributed by atoms with Gasteiger partial charge in [0.25, 0.3) is 0 Å². The number of hydrogen-bond acceptors (Lipinski definition) is 4. The summed E-state index contributed by atoms with van der Waals surface area (Å²) >= 11 is 0. The summed E-state index contributed by atoms with van der Waals surface area (Å²) in [5.74, 6) is -1.22. The van der Waals surface area contributed by atoms with Gasteiger partial charge in [-0.25, -0.2) is 4.79 Å². The molecule has 1 saturated heterocycles. The summed E-state index contributed by atoms with van der Waals surface area (Å²) in [5.41, 5.74) is 0.422. The molecule has 98 valence electrons. The number of carbonyl (C=O) groups is 1. The van der Waals surface area contributed by atoms with Gasteiger partial charge >= 0.3 is 5.97 Å². The third kappa shape index (κ3) is 2.73. The molecule has 1 aromatic carbocycles. The van der Waals surface area contributed by atoms with Crippen molar-refractivity contribution in [3.8, 4) is 11.5 Å². The number of aromatic hydroxyl groups is 2. The molecule has 1 fully saturated rings. The standard InChI is InChI=1S/C13H17NO4/c15-11-6-12(16)10(13(17)18)5-9(11)4-8-2-1-3-14-7-8/h5-6,8,14-16H,1-4,7H2,(H,17,18). The smallest absolute Gasteiger partial charge is 0.339 e. The number of phenols is 2. The number of benzene rings is 1. The van der Waals surface area contributed by atoms with Crippen molar-refractivity contribution in [3.05, 3.63) is 23.3 Å². The summed E-state index contributed by atoms with van der Waals surface area (Å²) < 4.78 is 0. The summed E-state index contributed by atoms with van der Waals surface area (Å²) in [4.78, 5) is 10.9. The van der Waals surface area contributed by atoms with E-state index in [-0.39, 0.29) is 11.3 Å². The van der Waals surface area contributed by atoms with Gasteiger partial charge in [-0.3, -0.25) is 0 Å². The first kappa shape index (κ1) is 12.7. The zero-order valence-corrected chi connectivity index (χ0v) is 10.0. The molecule has 1 unspecified atom stereocenters. The van der Waals surface area contributed by atoms with Crippen molar-refractivity contribution in [1.82, 2.24) is 5.32 Å². The maximum absolute atomic E-state index is 10.9. The van der Waals surface area contributed by atoms with Gasteiger partial charge in [0.2, 0.25) is 0 Å². The van der Waals surface area contributed by atoms with E-state index < -0.39 is 11.7 Å². The third-order valence-electron chi connectivity index (χ3n) is 3.33. The molecule has 0 amide bonds. The van der Waals surface area contributed by atoms with Crippen molar-refractivity contribution < 1.29 is 20.1 Å². The Morgan fingerprint density at radius 1 is 1.33 bits per heavy atom. The van der Waals surface area contributed by atoms with E-state index in [0.717, 1.165) is 32.0 Å². The number of carboxylic acids is 1. The van der Waals surface area contributed by atoms with E-state index in [1.54, 1.807) is 0 Å². The Labute approximate surface area is 105 Å². The van der Waals surface area contributed by atoms with Crippen LogP contribution in [-0.2, 0) is 6.42 Å².